The molecule has 0 amide bonds. The Bertz CT molecular complexity index is 2210. The largest absolute Gasteiger partial charge is 0.508 e. The van der Waals surface area contributed by atoms with Gasteiger partial charge in [0, 0.05) is 18.3 Å². The number of ether oxygens (including phenoxy) is 2. The number of phenolic OH excluding ortho intramolecular Hbond substituents is 2. The molecule has 1 saturated carbocycles. The van der Waals surface area contributed by atoms with Gasteiger partial charge in [-0.15, -0.1) is 0 Å². The molecule has 2 aliphatic heterocycles. The van der Waals surface area contributed by atoms with E-state index in [9.17, 15) is 64.5 Å². The zero-order valence-electron chi connectivity index (χ0n) is 25.1. The van der Waals surface area contributed by atoms with Crippen molar-refractivity contribution in [2.24, 2.45) is 17.8 Å². The molecule has 2 unspecified atom stereocenters. The Labute approximate surface area is 278 Å². The number of cyclic esters (lactones) is 2. The van der Waals surface area contributed by atoms with Crippen LogP contribution in [0.2, 0.25) is 0 Å². The Morgan fingerprint density at radius 3 is 1.56 bits per heavy atom. The molecule has 3 aliphatic carbocycles. The number of hydrogen-bond donors (Lipinski definition) is 7. The number of allylic oxidation sites excluding steroid dienone is 1. The third-order valence-corrected chi connectivity index (χ3v) is 9.36. The van der Waals surface area contributed by atoms with Gasteiger partial charge in [0.25, 0.3) is 0 Å². The Kier molecular flexibility index (Phi) is 6.94. The minimum absolute atomic E-state index is 0.0745. The first-order valence-electron chi connectivity index (χ1n) is 14.7. The first-order chi connectivity index (χ1) is 23.6. The average molecular weight is 683 g/mol. The van der Waals surface area contributed by atoms with E-state index in [0.29, 0.717) is 0 Å². The number of phenols is 2. The number of hydrogen-bond acceptors (Lipinski definition) is 13. The predicted molar refractivity (Wildman–Crippen MR) is 163 cm³/mol. The number of aliphatic carboxylic acids is 2. The molecule has 15 heteroatoms. The van der Waals surface area contributed by atoms with E-state index in [1.807, 2.05) is 0 Å². The molecule has 5 aliphatic rings. The standard InChI is InChI=1S/C35H22O15/c36-14-5-1-12(2-6-14)22(31(42)43)29-27(40)24(33(46)49-29)16-10-21(39)35(48)19-11-20(38)26(35)17(16)9-18(19)25-28(41)30(50-34(25)47)23(32(44)45)13-3-7-15(37)8-4-13/h1-10,17,19,26,36-37,40-41,48H,11H2,(H,42,43)(H,44,45)/b29-22+,30-23+/t17?,19-,26?,35+/m1/s1. The van der Waals surface area contributed by atoms with Crippen LogP contribution < -0.4 is 0 Å². The van der Waals surface area contributed by atoms with E-state index in [4.69, 9.17) is 9.47 Å². The summed E-state index contributed by atoms with van der Waals surface area (Å²) in [4.78, 5) is 78.3. The lowest BCUT2D eigenvalue weighted by atomic mass is 9.60. The Hall–Kier alpha value is -6.74. The Morgan fingerprint density at radius 1 is 0.680 bits per heavy atom. The van der Waals surface area contributed by atoms with Crippen molar-refractivity contribution in [1.29, 1.82) is 0 Å². The fourth-order valence-corrected chi connectivity index (χ4v) is 7.23. The molecule has 2 aromatic rings. The fraction of sp³-hybridized carbons (Fsp3) is 0.143. The van der Waals surface area contributed by atoms with Crippen LogP contribution in [0.3, 0.4) is 0 Å². The van der Waals surface area contributed by atoms with E-state index in [2.05, 4.69) is 0 Å². The highest BCUT2D eigenvalue weighted by Gasteiger charge is 2.67. The van der Waals surface area contributed by atoms with Gasteiger partial charge >= 0.3 is 23.9 Å². The minimum Gasteiger partial charge on any atom is -0.508 e. The average Bonchev–Trinajstić information content (AvgIpc) is 3.56. The molecule has 7 N–H and O–H groups in total. The van der Waals surface area contributed by atoms with Crippen molar-refractivity contribution in [2.75, 3.05) is 0 Å². The summed E-state index contributed by atoms with van der Waals surface area (Å²) >= 11 is 0. The minimum atomic E-state index is -2.50. The molecule has 1 fully saturated rings. The number of esters is 2. The quantitative estimate of drug-likeness (QED) is 0.170. The molecule has 252 valence electrons. The van der Waals surface area contributed by atoms with Crippen LogP contribution in [0, 0.1) is 17.8 Å². The second kappa shape index (κ2) is 10.9. The monoisotopic (exact) mass is 682 g/mol. The maximum Gasteiger partial charge on any atom is 0.347 e. The summed E-state index contributed by atoms with van der Waals surface area (Å²) in [7, 11) is 0. The van der Waals surface area contributed by atoms with Gasteiger partial charge in [0.05, 0.1) is 5.92 Å². The fourth-order valence-electron chi connectivity index (χ4n) is 7.23. The molecule has 2 aromatic carbocycles. The summed E-state index contributed by atoms with van der Waals surface area (Å²) in [5.74, 6) is -16.0. The number of carboxylic acid groups (broad SMARTS) is 2. The third kappa shape index (κ3) is 4.40. The van der Waals surface area contributed by atoms with E-state index in [1.54, 1.807) is 0 Å². The number of carboxylic acids is 2. The summed E-state index contributed by atoms with van der Waals surface area (Å²) in [6.07, 6.45) is 1.52. The zero-order valence-corrected chi connectivity index (χ0v) is 25.1. The van der Waals surface area contributed by atoms with Crippen LogP contribution in [0.4, 0.5) is 0 Å². The summed E-state index contributed by atoms with van der Waals surface area (Å²) in [5, 5.41) is 73.6. The van der Waals surface area contributed by atoms with Crippen LogP contribution in [-0.2, 0) is 38.2 Å². The van der Waals surface area contributed by atoms with Crippen LogP contribution in [0.1, 0.15) is 17.5 Å². The maximum atomic E-state index is 13.7. The molecule has 4 bridgehead atoms. The van der Waals surface area contributed by atoms with Gasteiger partial charge in [-0.1, -0.05) is 30.3 Å². The lowest BCUT2D eigenvalue weighted by molar-refractivity contribution is -0.147. The number of ketones is 2. The summed E-state index contributed by atoms with van der Waals surface area (Å²) in [6, 6.07) is 9.36. The molecule has 0 saturated heterocycles. The van der Waals surface area contributed by atoms with Crippen LogP contribution in [0.5, 0.6) is 11.5 Å². The summed E-state index contributed by atoms with van der Waals surface area (Å²) < 4.78 is 10.4. The number of aliphatic hydroxyl groups excluding tert-OH is 2. The molecule has 0 aromatic heterocycles. The lowest BCUT2D eigenvalue weighted by Crippen LogP contribution is -2.56. The van der Waals surface area contributed by atoms with Crippen molar-refractivity contribution in [2.45, 2.75) is 12.0 Å². The van der Waals surface area contributed by atoms with Crippen LogP contribution in [0.25, 0.3) is 11.1 Å². The van der Waals surface area contributed by atoms with Crippen molar-refractivity contribution in [3.05, 3.63) is 117 Å². The van der Waals surface area contributed by atoms with Crippen LogP contribution >= 0.6 is 0 Å². The first kappa shape index (κ1) is 31.8. The van der Waals surface area contributed by atoms with E-state index in [-0.39, 0.29) is 33.8 Å². The normalized spacial score (nSPS) is 27.6. The number of benzene rings is 2. The lowest BCUT2D eigenvalue weighted by Gasteiger charge is -2.44. The molecule has 50 heavy (non-hydrogen) atoms. The topological polar surface area (TPSA) is 262 Å². The van der Waals surface area contributed by atoms with E-state index in [0.717, 1.165) is 30.3 Å². The third-order valence-electron chi connectivity index (χ3n) is 9.36. The van der Waals surface area contributed by atoms with Gasteiger partial charge in [-0.05, 0) is 52.6 Å². The second-order valence-corrected chi connectivity index (χ2v) is 12.0. The maximum absolute atomic E-state index is 13.7. The van der Waals surface area contributed by atoms with E-state index >= 15 is 0 Å². The van der Waals surface area contributed by atoms with Crippen LogP contribution in [-0.4, -0.2) is 76.8 Å². The van der Waals surface area contributed by atoms with Crippen molar-refractivity contribution >= 4 is 46.6 Å². The van der Waals surface area contributed by atoms with Gasteiger partial charge in [0.2, 0.25) is 0 Å². The molecule has 2 heterocycles. The first-order valence-corrected chi connectivity index (χ1v) is 14.7. The molecule has 4 atom stereocenters. The molecular formula is C35H22O15. The number of carbonyl (C=O) groups excluding carboxylic acids is 4. The number of rotatable bonds is 6. The highest BCUT2D eigenvalue weighted by molar-refractivity contribution is 6.20. The smallest absolute Gasteiger partial charge is 0.347 e. The van der Waals surface area contributed by atoms with Gasteiger partial charge in [0.15, 0.2) is 28.8 Å². The van der Waals surface area contributed by atoms with Gasteiger partial charge in [-0.3, -0.25) is 9.59 Å². The highest BCUT2D eigenvalue weighted by atomic mass is 16.6. The number of carbonyl (C=O) groups is 6. The van der Waals surface area contributed by atoms with Crippen molar-refractivity contribution in [1.82, 2.24) is 0 Å². The molecule has 0 radical (unpaired) electrons. The SMILES string of the molecule is O=C1O/C(=C(/C(=O)O)c2ccc(O)cc2)C(O)=C1C1=CC(=O)[C@]2(O)C3C(=O)C[C@@H]2C(C2=C(O)/C(=C(\C(=O)O)c4ccc(O)cc4)OC2=O)=CC13. The van der Waals surface area contributed by atoms with E-state index in [1.165, 1.54) is 30.3 Å². The number of Topliss-reactive ketones (excluding diaryl/α,β-unsaturated/α-hetero) is 1. The summed E-state index contributed by atoms with van der Waals surface area (Å²) in [6.45, 7) is 0. The molecular weight excluding hydrogens is 660 g/mol. The van der Waals surface area contributed by atoms with Gasteiger partial charge in [0.1, 0.15) is 45.2 Å². The molecule has 0 spiro atoms. The molecule has 7 rings (SSSR count). The van der Waals surface area contributed by atoms with Gasteiger partial charge in [-0.2, -0.15) is 0 Å². The Morgan fingerprint density at radius 2 is 1.12 bits per heavy atom. The molecule has 15 nitrogen and oxygen atoms in total. The zero-order chi connectivity index (χ0) is 36.0. The number of aromatic hydroxyl groups is 2. The predicted octanol–water partition coefficient (Wildman–Crippen LogP) is 2.13. The van der Waals surface area contributed by atoms with E-state index < -0.39 is 111 Å². The van der Waals surface area contributed by atoms with Crippen molar-refractivity contribution in [3.63, 3.8) is 0 Å². The van der Waals surface area contributed by atoms with Crippen molar-refractivity contribution in [3.8, 4) is 11.5 Å². The van der Waals surface area contributed by atoms with Crippen molar-refractivity contribution < 1.29 is 74.0 Å². The highest BCUT2D eigenvalue weighted by Crippen LogP contribution is 2.59. The summed E-state index contributed by atoms with van der Waals surface area (Å²) in [5.41, 5.74) is -6.03. The number of aliphatic hydroxyl groups is 3. The van der Waals surface area contributed by atoms with Crippen LogP contribution in [0.15, 0.2) is 106 Å². The Balaban J connectivity index is 1.41. The second-order valence-electron chi connectivity index (χ2n) is 12.0. The van der Waals surface area contributed by atoms with Gasteiger partial charge in [-0.25, -0.2) is 19.2 Å². The van der Waals surface area contributed by atoms with Gasteiger partial charge < -0.3 is 45.2 Å².